The molecule has 0 aliphatic heterocycles. The standard InChI is InChI=1S/C15H23FN2O/c1-10(2)11(3)18-15(19)9-17-12(4)13-5-7-14(16)8-6-13/h5-8,10-12,17H,9H2,1-4H3,(H,18,19)/t11?,12-/m0/s1. The molecule has 0 aromatic heterocycles. The van der Waals surface area contributed by atoms with Crippen molar-refractivity contribution in [2.75, 3.05) is 6.54 Å². The molecule has 1 aromatic carbocycles. The molecule has 0 bridgehead atoms. The molecule has 2 N–H and O–H groups in total. The fourth-order valence-electron chi connectivity index (χ4n) is 1.59. The third-order valence-corrected chi connectivity index (χ3v) is 3.33. The highest BCUT2D eigenvalue weighted by Crippen LogP contribution is 2.12. The second kappa shape index (κ2) is 7.24. The summed E-state index contributed by atoms with van der Waals surface area (Å²) in [5.74, 6) is 0.146. The molecule has 106 valence electrons. The van der Waals surface area contributed by atoms with Gasteiger partial charge in [0.15, 0.2) is 0 Å². The summed E-state index contributed by atoms with van der Waals surface area (Å²) >= 11 is 0. The minimum absolute atomic E-state index is 0.0145. The Morgan fingerprint density at radius 1 is 1.16 bits per heavy atom. The summed E-state index contributed by atoms with van der Waals surface area (Å²) < 4.78 is 12.8. The van der Waals surface area contributed by atoms with Crippen molar-refractivity contribution in [3.05, 3.63) is 35.6 Å². The Morgan fingerprint density at radius 2 is 1.74 bits per heavy atom. The molecule has 0 heterocycles. The first kappa shape index (κ1) is 15.6. The van der Waals surface area contributed by atoms with E-state index in [9.17, 15) is 9.18 Å². The van der Waals surface area contributed by atoms with Crippen LogP contribution in [0.1, 0.15) is 39.3 Å². The van der Waals surface area contributed by atoms with E-state index in [1.807, 2.05) is 13.8 Å². The van der Waals surface area contributed by atoms with Crippen LogP contribution in [0.4, 0.5) is 4.39 Å². The highest BCUT2D eigenvalue weighted by atomic mass is 19.1. The zero-order chi connectivity index (χ0) is 14.4. The SMILES string of the molecule is CC(C)C(C)NC(=O)CN[C@@H](C)c1ccc(F)cc1. The maximum atomic E-state index is 12.8. The summed E-state index contributed by atoms with van der Waals surface area (Å²) in [6.45, 7) is 8.34. The summed E-state index contributed by atoms with van der Waals surface area (Å²) in [5.41, 5.74) is 0.964. The molecule has 2 atom stereocenters. The van der Waals surface area contributed by atoms with Crippen LogP contribution in [0.3, 0.4) is 0 Å². The Kier molecular flexibility index (Phi) is 5.96. The van der Waals surface area contributed by atoms with Gasteiger partial charge >= 0.3 is 0 Å². The van der Waals surface area contributed by atoms with Crippen molar-refractivity contribution >= 4 is 5.91 Å². The lowest BCUT2D eigenvalue weighted by molar-refractivity contribution is -0.121. The topological polar surface area (TPSA) is 41.1 Å². The monoisotopic (exact) mass is 266 g/mol. The van der Waals surface area contributed by atoms with E-state index in [0.29, 0.717) is 5.92 Å². The minimum atomic E-state index is -0.251. The number of hydrogen-bond donors (Lipinski definition) is 2. The van der Waals surface area contributed by atoms with Crippen molar-refractivity contribution in [2.24, 2.45) is 5.92 Å². The van der Waals surface area contributed by atoms with E-state index in [1.165, 1.54) is 12.1 Å². The van der Waals surface area contributed by atoms with E-state index in [2.05, 4.69) is 24.5 Å². The fraction of sp³-hybridized carbons (Fsp3) is 0.533. The highest BCUT2D eigenvalue weighted by molar-refractivity contribution is 5.78. The predicted octanol–water partition coefficient (Wildman–Crippen LogP) is 2.64. The van der Waals surface area contributed by atoms with E-state index in [4.69, 9.17) is 0 Å². The van der Waals surface area contributed by atoms with Gasteiger partial charge in [0.25, 0.3) is 0 Å². The molecule has 19 heavy (non-hydrogen) atoms. The first-order chi connectivity index (χ1) is 8.90. The highest BCUT2D eigenvalue weighted by Gasteiger charge is 2.12. The molecule has 0 fully saturated rings. The Balaban J connectivity index is 2.39. The van der Waals surface area contributed by atoms with Gasteiger partial charge in [-0.25, -0.2) is 4.39 Å². The molecule has 1 aromatic rings. The summed E-state index contributed by atoms with van der Waals surface area (Å²) in [6, 6.07) is 6.47. The van der Waals surface area contributed by atoms with Gasteiger partial charge in [-0.1, -0.05) is 26.0 Å². The fourth-order valence-corrected chi connectivity index (χ4v) is 1.59. The van der Waals surface area contributed by atoms with Crippen molar-refractivity contribution in [2.45, 2.75) is 39.8 Å². The van der Waals surface area contributed by atoms with Crippen LogP contribution < -0.4 is 10.6 Å². The molecule has 0 aliphatic rings. The lowest BCUT2D eigenvalue weighted by atomic mass is 10.1. The minimum Gasteiger partial charge on any atom is -0.352 e. The van der Waals surface area contributed by atoms with Crippen LogP contribution in [0.2, 0.25) is 0 Å². The third-order valence-electron chi connectivity index (χ3n) is 3.33. The Bertz CT molecular complexity index is 403. The Hall–Kier alpha value is -1.42. The van der Waals surface area contributed by atoms with Crippen molar-refractivity contribution < 1.29 is 9.18 Å². The number of benzene rings is 1. The van der Waals surface area contributed by atoms with Gasteiger partial charge in [-0.2, -0.15) is 0 Å². The molecular formula is C15H23FN2O. The molecule has 3 nitrogen and oxygen atoms in total. The lowest BCUT2D eigenvalue weighted by Crippen LogP contribution is -2.41. The lowest BCUT2D eigenvalue weighted by Gasteiger charge is -2.19. The first-order valence-corrected chi connectivity index (χ1v) is 6.68. The number of halogens is 1. The van der Waals surface area contributed by atoms with Crippen molar-refractivity contribution in [1.82, 2.24) is 10.6 Å². The maximum absolute atomic E-state index is 12.8. The van der Waals surface area contributed by atoms with E-state index >= 15 is 0 Å². The molecule has 0 radical (unpaired) electrons. The molecule has 1 amide bonds. The van der Waals surface area contributed by atoms with Gasteiger partial charge in [0.1, 0.15) is 5.82 Å². The average Bonchev–Trinajstić information content (AvgIpc) is 2.36. The van der Waals surface area contributed by atoms with Crippen molar-refractivity contribution in [1.29, 1.82) is 0 Å². The number of carbonyl (C=O) groups excluding carboxylic acids is 1. The second-order valence-electron chi connectivity index (χ2n) is 5.25. The van der Waals surface area contributed by atoms with E-state index in [0.717, 1.165) is 5.56 Å². The molecule has 1 rings (SSSR count). The van der Waals surface area contributed by atoms with Gasteiger partial charge in [-0.05, 0) is 37.5 Å². The molecule has 4 heteroatoms. The molecule has 0 spiro atoms. The Morgan fingerprint density at radius 3 is 2.26 bits per heavy atom. The molecule has 0 saturated carbocycles. The summed E-state index contributed by atoms with van der Waals surface area (Å²) in [5, 5.41) is 6.06. The van der Waals surface area contributed by atoms with Crippen LogP contribution >= 0.6 is 0 Å². The number of nitrogens with one attached hydrogen (secondary N) is 2. The molecule has 1 unspecified atom stereocenters. The van der Waals surface area contributed by atoms with Gasteiger partial charge in [0.2, 0.25) is 5.91 Å². The molecule has 0 saturated heterocycles. The predicted molar refractivity (Wildman–Crippen MR) is 75.3 cm³/mol. The average molecular weight is 266 g/mol. The van der Waals surface area contributed by atoms with Gasteiger partial charge in [-0.3, -0.25) is 4.79 Å². The molecular weight excluding hydrogens is 243 g/mol. The zero-order valence-electron chi connectivity index (χ0n) is 12.0. The normalized spacial score (nSPS) is 14.2. The molecule has 0 aliphatic carbocycles. The van der Waals surface area contributed by atoms with Gasteiger partial charge in [0.05, 0.1) is 6.54 Å². The summed E-state index contributed by atoms with van der Waals surface area (Å²) in [6.07, 6.45) is 0. The van der Waals surface area contributed by atoms with Crippen LogP contribution in [-0.2, 0) is 4.79 Å². The van der Waals surface area contributed by atoms with Crippen LogP contribution in [-0.4, -0.2) is 18.5 Å². The second-order valence-corrected chi connectivity index (χ2v) is 5.25. The van der Waals surface area contributed by atoms with E-state index in [1.54, 1.807) is 12.1 Å². The zero-order valence-corrected chi connectivity index (χ0v) is 12.0. The quantitative estimate of drug-likeness (QED) is 0.831. The maximum Gasteiger partial charge on any atom is 0.234 e. The van der Waals surface area contributed by atoms with Crippen LogP contribution in [0.5, 0.6) is 0 Å². The number of amides is 1. The summed E-state index contributed by atoms with van der Waals surface area (Å²) in [4.78, 5) is 11.7. The van der Waals surface area contributed by atoms with Gasteiger partial charge in [0, 0.05) is 12.1 Å². The number of carbonyl (C=O) groups is 1. The smallest absolute Gasteiger partial charge is 0.234 e. The van der Waals surface area contributed by atoms with E-state index in [-0.39, 0.29) is 30.4 Å². The van der Waals surface area contributed by atoms with Crippen LogP contribution in [0.15, 0.2) is 24.3 Å². The Labute approximate surface area is 114 Å². The van der Waals surface area contributed by atoms with Gasteiger partial charge in [-0.15, -0.1) is 0 Å². The van der Waals surface area contributed by atoms with Crippen molar-refractivity contribution in [3.8, 4) is 0 Å². The van der Waals surface area contributed by atoms with Gasteiger partial charge < -0.3 is 10.6 Å². The van der Waals surface area contributed by atoms with Crippen molar-refractivity contribution in [3.63, 3.8) is 0 Å². The number of rotatable bonds is 6. The summed E-state index contributed by atoms with van der Waals surface area (Å²) in [7, 11) is 0. The van der Waals surface area contributed by atoms with E-state index < -0.39 is 0 Å². The largest absolute Gasteiger partial charge is 0.352 e. The number of hydrogen-bond acceptors (Lipinski definition) is 2. The third kappa shape index (κ3) is 5.39. The van der Waals surface area contributed by atoms with Crippen LogP contribution in [0, 0.1) is 11.7 Å². The first-order valence-electron chi connectivity index (χ1n) is 6.68. The van der Waals surface area contributed by atoms with Crippen LogP contribution in [0.25, 0.3) is 0 Å².